The molecule has 8 heteroatoms. The van der Waals surface area contributed by atoms with Gasteiger partial charge in [-0.2, -0.15) is 4.31 Å². The number of carbonyl (C=O) groups excluding carboxylic acids is 1. The fraction of sp³-hybridized carbons (Fsp3) is 0.350. The number of rotatable bonds is 4. The zero-order valence-corrected chi connectivity index (χ0v) is 16.5. The van der Waals surface area contributed by atoms with E-state index < -0.39 is 26.6 Å². The van der Waals surface area contributed by atoms with Gasteiger partial charge in [0.05, 0.1) is 0 Å². The molecular formula is C20H22F2N2O3S. The van der Waals surface area contributed by atoms with Crippen LogP contribution in [-0.4, -0.2) is 49.7 Å². The van der Waals surface area contributed by atoms with E-state index in [0.717, 1.165) is 22.0 Å². The second-order valence-electron chi connectivity index (χ2n) is 7.05. The second-order valence-corrected chi connectivity index (χ2v) is 8.95. The summed E-state index contributed by atoms with van der Waals surface area (Å²) < 4.78 is 53.3. The summed E-state index contributed by atoms with van der Waals surface area (Å²) in [6.45, 7) is 4.64. The fourth-order valence-corrected chi connectivity index (χ4v) is 4.62. The molecule has 1 aliphatic heterocycles. The van der Waals surface area contributed by atoms with Gasteiger partial charge < -0.3 is 4.90 Å². The van der Waals surface area contributed by atoms with Gasteiger partial charge in [0.15, 0.2) is 0 Å². The maximum atomic E-state index is 13.9. The third-order valence-corrected chi connectivity index (χ3v) is 6.79. The first-order chi connectivity index (χ1) is 13.2. The van der Waals surface area contributed by atoms with Crippen LogP contribution in [0, 0.1) is 11.6 Å². The Balaban J connectivity index is 1.69. The van der Waals surface area contributed by atoms with Crippen LogP contribution in [0.5, 0.6) is 0 Å². The number of nitrogens with zero attached hydrogens (tertiary/aromatic N) is 2. The molecule has 0 saturated carbocycles. The van der Waals surface area contributed by atoms with Crippen LogP contribution in [0.2, 0.25) is 0 Å². The van der Waals surface area contributed by atoms with Gasteiger partial charge in [-0.3, -0.25) is 4.79 Å². The number of carbonyl (C=O) groups is 1. The molecule has 150 valence electrons. The van der Waals surface area contributed by atoms with Gasteiger partial charge in [0.2, 0.25) is 10.0 Å². The highest BCUT2D eigenvalue weighted by molar-refractivity contribution is 7.89. The molecule has 0 aromatic heterocycles. The molecule has 0 atom stereocenters. The molecule has 0 N–H and O–H groups in total. The lowest BCUT2D eigenvalue weighted by atomic mass is 10.0. The Morgan fingerprint density at radius 1 is 0.964 bits per heavy atom. The number of halogens is 2. The molecule has 1 heterocycles. The topological polar surface area (TPSA) is 57.7 Å². The predicted molar refractivity (Wildman–Crippen MR) is 102 cm³/mol. The molecule has 5 nitrogen and oxygen atoms in total. The lowest BCUT2D eigenvalue weighted by Gasteiger charge is -2.34. The first kappa shape index (κ1) is 20.4. The van der Waals surface area contributed by atoms with Crippen molar-refractivity contribution in [3.05, 3.63) is 65.2 Å². The van der Waals surface area contributed by atoms with Gasteiger partial charge in [-0.1, -0.05) is 26.0 Å². The van der Waals surface area contributed by atoms with Crippen molar-refractivity contribution >= 4 is 15.9 Å². The minimum Gasteiger partial charge on any atom is -0.336 e. The van der Waals surface area contributed by atoms with Crippen molar-refractivity contribution < 1.29 is 22.0 Å². The zero-order chi connectivity index (χ0) is 20.5. The second kappa shape index (κ2) is 7.97. The third-order valence-electron chi connectivity index (χ3n) is 4.86. The summed E-state index contributed by atoms with van der Waals surface area (Å²) in [5.41, 5.74) is 1.68. The fourth-order valence-electron chi connectivity index (χ4n) is 3.15. The molecule has 0 aliphatic carbocycles. The van der Waals surface area contributed by atoms with Gasteiger partial charge >= 0.3 is 0 Å². The Kier molecular flexibility index (Phi) is 5.81. The van der Waals surface area contributed by atoms with Gasteiger partial charge in [0, 0.05) is 37.8 Å². The van der Waals surface area contributed by atoms with E-state index in [0.29, 0.717) is 17.5 Å². The highest BCUT2D eigenvalue weighted by Gasteiger charge is 2.32. The molecular weight excluding hydrogens is 386 g/mol. The van der Waals surface area contributed by atoms with Gasteiger partial charge in [0.1, 0.15) is 16.5 Å². The Labute approximate surface area is 163 Å². The van der Waals surface area contributed by atoms with Gasteiger partial charge in [-0.15, -0.1) is 0 Å². The molecule has 2 aromatic rings. The van der Waals surface area contributed by atoms with Crippen LogP contribution < -0.4 is 0 Å². The van der Waals surface area contributed by atoms with Crippen LogP contribution in [0.1, 0.15) is 35.7 Å². The number of benzene rings is 2. The Bertz CT molecular complexity index is 967. The largest absolute Gasteiger partial charge is 0.336 e. The van der Waals surface area contributed by atoms with Crippen LogP contribution >= 0.6 is 0 Å². The average Bonchev–Trinajstić information content (AvgIpc) is 2.67. The lowest BCUT2D eigenvalue weighted by molar-refractivity contribution is 0.0697. The van der Waals surface area contributed by atoms with E-state index in [4.69, 9.17) is 0 Å². The van der Waals surface area contributed by atoms with Gasteiger partial charge in [-0.05, 0) is 35.7 Å². The minimum absolute atomic E-state index is 0.0506. The molecule has 28 heavy (non-hydrogen) atoms. The zero-order valence-electron chi connectivity index (χ0n) is 15.7. The van der Waals surface area contributed by atoms with Crippen LogP contribution in [0.3, 0.4) is 0 Å². The van der Waals surface area contributed by atoms with Crippen molar-refractivity contribution in [3.63, 3.8) is 0 Å². The van der Waals surface area contributed by atoms with Crippen molar-refractivity contribution in [2.45, 2.75) is 24.7 Å². The van der Waals surface area contributed by atoms with E-state index in [2.05, 4.69) is 13.8 Å². The molecule has 1 amide bonds. The number of piperazine rings is 1. The standard InChI is InChI=1S/C20H22F2N2O3S/c1-14(2)15-3-5-16(6-4-15)20(25)23-9-11-24(12-10-23)28(26,27)19-8-7-17(21)13-18(19)22/h3-8,13-14H,9-12H2,1-2H3. The number of hydrogen-bond acceptors (Lipinski definition) is 3. The smallest absolute Gasteiger partial charge is 0.253 e. The molecule has 1 aliphatic rings. The summed E-state index contributed by atoms with van der Waals surface area (Å²) in [6, 6.07) is 9.76. The quantitative estimate of drug-likeness (QED) is 0.781. The molecule has 0 unspecified atom stereocenters. The molecule has 2 aromatic carbocycles. The van der Waals surface area contributed by atoms with Crippen molar-refractivity contribution in [3.8, 4) is 0 Å². The maximum Gasteiger partial charge on any atom is 0.253 e. The monoisotopic (exact) mass is 408 g/mol. The first-order valence-corrected chi connectivity index (χ1v) is 10.5. The Morgan fingerprint density at radius 2 is 1.57 bits per heavy atom. The van der Waals surface area contributed by atoms with Gasteiger partial charge in [0.25, 0.3) is 5.91 Å². The third kappa shape index (κ3) is 4.07. The summed E-state index contributed by atoms with van der Waals surface area (Å²) >= 11 is 0. The lowest BCUT2D eigenvalue weighted by Crippen LogP contribution is -2.50. The van der Waals surface area contributed by atoms with Gasteiger partial charge in [-0.25, -0.2) is 17.2 Å². The molecule has 3 rings (SSSR count). The van der Waals surface area contributed by atoms with Crippen molar-refractivity contribution in [1.82, 2.24) is 9.21 Å². The molecule has 0 spiro atoms. The van der Waals surface area contributed by atoms with Crippen molar-refractivity contribution in [1.29, 1.82) is 0 Å². The molecule has 0 bridgehead atoms. The van der Waals surface area contributed by atoms with E-state index in [1.54, 1.807) is 17.0 Å². The molecule has 0 radical (unpaired) electrons. The van der Waals surface area contributed by atoms with Crippen molar-refractivity contribution in [2.24, 2.45) is 0 Å². The molecule has 1 fully saturated rings. The summed E-state index contributed by atoms with van der Waals surface area (Å²) in [5, 5.41) is 0. The highest BCUT2D eigenvalue weighted by Crippen LogP contribution is 2.22. The van der Waals surface area contributed by atoms with Crippen LogP contribution in [0.15, 0.2) is 47.4 Å². The van der Waals surface area contributed by atoms with Crippen molar-refractivity contribution in [2.75, 3.05) is 26.2 Å². The number of amides is 1. The SMILES string of the molecule is CC(C)c1ccc(C(=O)N2CCN(S(=O)(=O)c3ccc(F)cc3F)CC2)cc1. The number of hydrogen-bond donors (Lipinski definition) is 0. The summed E-state index contributed by atoms with van der Waals surface area (Å²) in [6.07, 6.45) is 0. The van der Waals surface area contributed by atoms with Crippen LogP contribution in [0.4, 0.5) is 8.78 Å². The Morgan fingerprint density at radius 3 is 2.11 bits per heavy atom. The van der Waals surface area contributed by atoms with E-state index in [1.807, 2.05) is 12.1 Å². The Hall–Kier alpha value is -2.32. The van der Waals surface area contributed by atoms with Crippen LogP contribution in [0.25, 0.3) is 0 Å². The van der Waals surface area contributed by atoms with E-state index >= 15 is 0 Å². The normalized spacial score (nSPS) is 15.8. The highest BCUT2D eigenvalue weighted by atomic mass is 32.2. The summed E-state index contributed by atoms with van der Waals surface area (Å²) in [5.74, 6) is -1.76. The predicted octanol–water partition coefficient (Wildman–Crippen LogP) is 3.23. The van der Waals surface area contributed by atoms with E-state index in [-0.39, 0.29) is 32.1 Å². The molecule has 1 saturated heterocycles. The average molecular weight is 408 g/mol. The van der Waals surface area contributed by atoms with E-state index in [9.17, 15) is 22.0 Å². The maximum absolute atomic E-state index is 13.9. The summed E-state index contributed by atoms with van der Waals surface area (Å²) in [7, 11) is -4.08. The number of sulfonamides is 1. The summed E-state index contributed by atoms with van der Waals surface area (Å²) in [4.78, 5) is 13.7. The van der Waals surface area contributed by atoms with Crippen LogP contribution in [-0.2, 0) is 10.0 Å². The first-order valence-electron chi connectivity index (χ1n) is 9.04. The minimum atomic E-state index is -4.08. The van der Waals surface area contributed by atoms with E-state index in [1.165, 1.54) is 0 Å².